The molecular formula is C31H46O6Si. The van der Waals surface area contributed by atoms with Crippen molar-refractivity contribution in [1.82, 2.24) is 0 Å². The minimum absolute atomic E-state index is 0.239. The second kappa shape index (κ2) is 12.3. The lowest BCUT2D eigenvalue weighted by Gasteiger charge is -2.29. The molecule has 0 aliphatic carbocycles. The van der Waals surface area contributed by atoms with Gasteiger partial charge < -0.3 is 28.4 Å². The van der Waals surface area contributed by atoms with Gasteiger partial charge in [-0.25, -0.2) is 0 Å². The van der Waals surface area contributed by atoms with Gasteiger partial charge in [-0.05, 0) is 63.4 Å². The van der Waals surface area contributed by atoms with Crippen LogP contribution in [0, 0.1) is 0 Å². The van der Waals surface area contributed by atoms with Gasteiger partial charge in [-0.3, -0.25) is 0 Å². The van der Waals surface area contributed by atoms with E-state index in [1.54, 1.807) is 0 Å². The standard InChI is InChI=1S/C31H46O6Si/c1-8-17-38(18-9-2,19-10-3)20-11-12-23-13-15-24(16-14-23)21-32-27-26(25-22-33-30(4,5)35-25)34-29-28(27)36-31(6,7)37-29/h8-10,13-16,25-29H,1-3,11-12,17-22H2,4-7H3/t25-,26-,27+,28-,29-/m1/s1. The zero-order chi connectivity index (χ0) is 27.4. The van der Waals surface area contributed by atoms with Gasteiger partial charge in [-0.15, -0.1) is 19.7 Å². The van der Waals surface area contributed by atoms with Crippen molar-refractivity contribution < 1.29 is 28.4 Å². The van der Waals surface area contributed by atoms with Gasteiger partial charge in [0.05, 0.1) is 21.3 Å². The van der Waals surface area contributed by atoms with Crippen LogP contribution in [0.4, 0.5) is 0 Å². The smallest absolute Gasteiger partial charge is 0.190 e. The number of aryl methyl sites for hydroxylation is 1. The predicted octanol–water partition coefficient (Wildman–Crippen LogP) is 6.54. The molecule has 3 saturated heterocycles. The molecule has 0 radical (unpaired) electrons. The van der Waals surface area contributed by atoms with Crippen molar-refractivity contribution in [2.24, 2.45) is 0 Å². The summed E-state index contributed by atoms with van der Waals surface area (Å²) in [5, 5.41) is 0. The third-order valence-electron chi connectivity index (χ3n) is 7.79. The van der Waals surface area contributed by atoms with E-state index in [2.05, 4.69) is 62.2 Å². The van der Waals surface area contributed by atoms with Crippen molar-refractivity contribution in [3.63, 3.8) is 0 Å². The molecule has 38 heavy (non-hydrogen) atoms. The SMILES string of the molecule is C=CC[Si](CC=C)(CC=C)CCCc1ccc(CO[C@@H]2[C@H]3OC(C)(C)O[C@H]3O[C@@H]2[C@H]2COC(C)(C)O2)cc1. The van der Waals surface area contributed by atoms with Crippen LogP contribution >= 0.6 is 0 Å². The second-order valence-corrected chi connectivity index (χ2v) is 16.6. The molecule has 0 aromatic heterocycles. The van der Waals surface area contributed by atoms with Crippen LogP contribution in [0.1, 0.15) is 45.2 Å². The molecule has 0 unspecified atom stereocenters. The summed E-state index contributed by atoms with van der Waals surface area (Å²) in [6.45, 7) is 20.6. The van der Waals surface area contributed by atoms with Gasteiger partial charge in [0.15, 0.2) is 17.9 Å². The van der Waals surface area contributed by atoms with Crippen molar-refractivity contribution >= 4 is 8.07 Å². The topological polar surface area (TPSA) is 55.4 Å². The molecule has 3 fully saturated rings. The normalized spacial score (nSPS) is 29.7. The number of hydrogen-bond donors (Lipinski definition) is 0. The third-order valence-corrected chi connectivity index (χ3v) is 12.7. The van der Waals surface area contributed by atoms with Crippen LogP contribution < -0.4 is 0 Å². The zero-order valence-corrected chi connectivity index (χ0v) is 24.7. The Morgan fingerprint density at radius 1 is 0.868 bits per heavy atom. The molecule has 0 spiro atoms. The number of fused-ring (bicyclic) bond motifs is 1. The van der Waals surface area contributed by atoms with E-state index >= 15 is 0 Å². The molecule has 3 aliphatic rings. The lowest BCUT2D eigenvalue weighted by molar-refractivity contribution is -0.236. The lowest BCUT2D eigenvalue weighted by atomic mass is 10.1. The van der Waals surface area contributed by atoms with Crippen molar-refractivity contribution in [3.8, 4) is 0 Å². The van der Waals surface area contributed by atoms with Gasteiger partial charge in [0.2, 0.25) is 0 Å². The molecule has 1 aromatic carbocycles. The van der Waals surface area contributed by atoms with E-state index in [0.29, 0.717) is 13.2 Å². The molecule has 210 valence electrons. The van der Waals surface area contributed by atoms with Crippen molar-refractivity contribution in [1.29, 1.82) is 0 Å². The van der Waals surface area contributed by atoms with E-state index in [-0.39, 0.29) is 24.4 Å². The minimum Gasteiger partial charge on any atom is -0.368 e. The molecule has 3 aliphatic heterocycles. The number of benzene rings is 1. The summed E-state index contributed by atoms with van der Waals surface area (Å²) in [5.74, 6) is -1.35. The first-order valence-corrected chi connectivity index (χ1v) is 16.8. The fourth-order valence-corrected chi connectivity index (χ4v) is 9.88. The van der Waals surface area contributed by atoms with E-state index in [1.807, 2.05) is 27.7 Å². The van der Waals surface area contributed by atoms with E-state index < -0.39 is 25.9 Å². The Bertz CT molecular complexity index is 931. The van der Waals surface area contributed by atoms with E-state index in [0.717, 1.165) is 30.1 Å². The monoisotopic (exact) mass is 542 g/mol. The fourth-order valence-electron chi connectivity index (χ4n) is 6.01. The maximum absolute atomic E-state index is 6.45. The first-order valence-electron chi connectivity index (χ1n) is 13.9. The molecule has 7 heteroatoms. The lowest BCUT2D eigenvalue weighted by Crippen LogP contribution is -2.44. The van der Waals surface area contributed by atoms with Gasteiger partial charge in [-0.1, -0.05) is 55.0 Å². The van der Waals surface area contributed by atoms with Gasteiger partial charge in [0, 0.05) is 0 Å². The summed E-state index contributed by atoms with van der Waals surface area (Å²) < 4.78 is 36.8. The van der Waals surface area contributed by atoms with Gasteiger partial charge in [0.1, 0.15) is 24.4 Å². The first kappa shape index (κ1) is 29.4. The first-order chi connectivity index (χ1) is 18.1. The quantitative estimate of drug-likeness (QED) is 0.197. The van der Waals surface area contributed by atoms with Crippen molar-refractivity contribution in [2.75, 3.05) is 6.61 Å². The summed E-state index contributed by atoms with van der Waals surface area (Å²) in [7, 11) is -1.46. The highest BCUT2D eigenvalue weighted by atomic mass is 28.3. The van der Waals surface area contributed by atoms with Crippen LogP contribution in [-0.2, 0) is 41.4 Å². The fraction of sp³-hybridized carbons (Fsp3) is 0.613. The highest BCUT2D eigenvalue weighted by Gasteiger charge is 2.58. The number of rotatable bonds is 14. The Balaban J connectivity index is 1.34. The zero-order valence-electron chi connectivity index (χ0n) is 23.7. The number of ether oxygens (including phenoxy) is 6. The molecule has 0 bridgehead atoms. The average Bonchev–Trinajstić information content (AvgIpc) is 3.47. The average molecular weight is 543 g/mol. The molecule has 0 amide bonds. The molecule has 0 N–H and O–H groups in total. The van der Waals surface area contributed by atoms with Crippen LogP contribution in [0.15, 0.2) is 62.2 Å². The molecular weight excluding hydrogens is 496 g/mol. The molecule has 4 rings (SSSR count). The molecule has 3 heterocycles. The van der Waals surface area contributed by atoms with E-state index in [9.17, 15) is 0 Å². The molecule has 6 nitrogen and oxygen atoms in total. The van der Waals surface area contributed by atoms with E-state index in [1.165, 1.54) is 18.0 Å². The molecule has 0 saturated carbocycles. The van der Waals surface area contributed by atoms with Gasteiger partial charge in [0.25, 0.3) is 0 Å². The van der Waals surface area contributed by atoms with Gasteiger partial charge >= 0.3 is 0 Å². The Morgan fingerprint density at radius 3 is 2.08 bits per heavy atom. The van der Waals surface area contributed by atoms with Crippen LogP contribution in [0.2, 0.25) is 24.2 Å². The summed E-state index contributed by atoms with van der Waals surface area (Å²) in [4.78, 5) is 0. The Hall–Kier alpha value is -1.58. The Morgan fingerprint density at radius 2 is 1.50 bits per heavy atom. The largest absolute Gasteiger partial charge is 0.368 e. The highest BCUT2D eigenvalue weighted by Crippen LogP contribution is 2.42. The highest BCUT2D eigenvalue weighted by molar-refractivity contribution is 6.81. The number of allylic oxidation sites excluding steroid dienone is 3. The van der Waals surface area contributed by atoms with Crippen molar-refractivity contribution in [3.05, 3.63) is 73.4 Å². The van der Waals surface area contributed by atoms with E-state index in [4.69, 9.17) is 28.4 Å². The maximum Gasteiger partial charge on any atom is 0.190 e. The summed E-state index contributed by atoms with van der Waals surface area (Å²) in [5.41, 5.74) is 2.47. The second-order valence-electron chi connectivity index (χ2n) is 11.9. The maximum atomic E-state index is 6.45. The minimum atomic E-state index is -1.46. The van der Waals surface area contributed by atoms with Crippen molar-refractivity contribution in [2.45, 2.75) is 114 Å². The third kappa shape index (κ3) is 7.13. The Labute approximate surface area is 230 Å². The molecule has 5 atom stereocenters. The van der Waals surface area contributed by atoms with Crippen LogP contribution in [0.3, 0.4) is 0 Å². The van der Waals surface area contributed by atoms with Crippen LogP contribution in [-0.4, -0.2) is 57.0 Å². The van der Waals surface area contributed by atoms with Crippen LogP contribution in [0.25, 0.3) is 0 Å². The number of hydrogen-bond acceptors (Lipinski definition) is 6. The summed E-state index contributed by atoms with van der Waals surface area (Å²) >= 11 is 0. The summed E-state index contributed by atoms with van der Waals surface area (Å²) in [6.07, 6.45) is 6.84. The molecule has 1 aromatic rings. The predicted molar refractivity (Wildman–Crippen MR) is 153 cm³/mol. The summed E-state index contributed by atoms with van der Waals surface area (Å²) in [6, 6.07) is 13.4. The van der Waals surface area contributed by atoms with Gasteiger partial charge in [-0.2, -0.15) is 0 Å². The van der Waals surface area contributed by atoms with Crippen LogP contribution in [0.5, 0.6) is 0 Å². The Kier molecular flexibility index (Phi) is 9.51.